The van der Waals surface area contributed by atoms with Crippen LogP contribution in [0.2, 0.25) is 0 Å². The number of nitriles is 2. The Bertz CT molecular complexity index is 922. The summed E-state index contributed by atoms with van der Waals surface area (Å²) < 4.78 is 7.23. The lowest BCUT2D eigenvalue weighted by Gasteiger charge is -2.31. The van der Waals surface area contributed by atoms with E-state index in [1.165, 1.54) is 6.08 Å². The second-order valence-electron chi connectivity index (χ2n) is 8.71. The fourth-order valence-corrected chi connectivity index (χ4v) is 3.93. The van der Waals surface area contributed by atoms with Crippen molar-refractivity contribution in [1.82, 2.24) is 9.88 Å². The van der Waals surface area contributed by atoms with Gasteiger partial charge in [-0.1, -0.05) is 33.1 Å². The van der Waals surface area contributed by atoms with E-state index < -0.39 is 24.0 Å². The fourth-order valence-electron chi connectivity index (χ4n) is 3.93. The zero-order valence-electron chi connectivity index (χ0n) is 19.0. The smallest absolute Gasteiger partial charge is 0.349 e. The van der Waals surface area contributed by atoms with Gasteiger partial charge < -0.3 is 14.6 Å². The van der Waals surface area contributed by atoms with Crippen molar-refractivity contribution in [2.75, 3.05) is 6.61 Å². The van der Waals surface area contributed by atoms with Gasteiger partial charge in [-0.3, -0.25) is 4.79 Å². The van der Waals surface area contributed by atoms with Gasteiger partial charge in [0.2, 0.25) is 0 Å². The maximum atomic E-state index is 12.4. The van der Waals surface area contributed by atoms with Crippen molar-refractivity contribution in [2.24, 2.45) is 5.92 Å². The first-order valence-electron chi connectivity index (χ1n) is 10.9. The molecule has 2 rings (SSSR count). The van der Waals surface area contributed by atoms with Crippen LogP contribution in [0.3, 0.4) is 0 Å². The van der Waals surface area contributed by atoms with E-state index in [0.717, 1.165) is 49.2 Å². The van der Waals surface area contributed by atoms with E-state index in [1.54, 1.807) is 0 Å². The summed E-state index contributed by atoms with van der Waals surface area (Å²) in [5.74, 6) is -0.801. The lowest BCUT2D eigenvalue weighted by atomic mass is 9.83. The number of aromatic nitrogens is 1. The minimum absolute atomic E-state index is 0.162. The minimum atomic E-state index is -0.886. The summed E-state index contributed by atoms with van der Waals surface area (Å²) in [7, 11) is 0. The SMILES string of the molecule is Cc1cc(/C=C(\C#N)C(=O)OCC(=O)NC2(C#N)CCCCC2)c(C)n1CCC(C)C. The third kappa shape index (κ3) is 6.46. The van der Waals surface area contributed by atoms with Gasteiger partial charge in [0.05, 0.1) is 6.07 Å². The molecule has 0 aromatic carbocycles. The van der Waals surface area contributed by atoms with Gasteiger partial charge in [0.15, 0.2) is 6.61 Å². The molecule has 166 valence electrons. The number of aryl methyl sites for hydroxylation is 1. The van der Waals surface area contributed by atoms with E-state index in [9.17, 15) is 20.1 Å². The van der Waals surface area contributed by atoms with Gasteiger partial charge in [-0.2, -0.15) is 10.5 Å². The van der Waals surface area contributed by atoms with Crippen molar-refractivity contribution in [1.29, 1.82) is 10.5 Å². The predicted molar refractivity (Wildman–Crippen MR) is 117 cm³/mol. The van der Waals surface area contributed by atoms with Crippen LogP contribution in [-0.2, 0) is 20.9 Å². The molecule has 1 saturated carbocycles. The molecule has 7 heteroatoms. The number of carbonyl (C=O) groups excluding carboxylic acids is 2. The van der Waals surface area contributed by atoms with Gasteiger partial charge in [-0.25, -0.2) is 4.79 Å². The molecule has 0 bridgehead atoms. The second-order valence-corrected chi connectivity index (χ2v) is 8.71. The van der Waals surface area contributed by atoms with Crippen LogP contribution < -0.4 is 5.32 Å². The lowest BCUT2D eigenvalue weighted by Crippen LogP contribution is -2.50. The average Bonchev–Trinajstić information content (AvgIpc) is 3.01. The number of rotatable bonds is 8. The molecule has 1 N–H and O–H groups in total. The second kappa shape index (κ2) is 10.8. The summed E-state index contributed by atoms with van der Waals surface area (Å²) in [5, 5.41) is 21.6. The number of esters is 1. The highest BCUT2D eigenvalue weighted by molar-refractivity contribution is 5.99. The molecule has 0 radical (unpaired) electrons. The molecule has 0 unspecified atom stereocenters. The van der Waals surface area contributed by atoms with Crippen molar-refractivity contribution in [2.45, 2.75) is 78.3 Å². The molecule has 0 atom stereocenters. The maximum Gasteiger partial charge on any atom is 0.349 e. The normalized spacial score (nSPS) is 15.8. The Morgan fingerprint density at radius 1 is 1.26 bits per heavy atom. The summed E-state index contributed by atoms with van der Waals surface area (Å²) in [4.78, 5) is 24.6. The first kappa shape index (κ1) is 24.2. The van der Waals surface area contributed by atoms with Gasteiger partial charge in [0.25, 0.3) is 5.91 Å². The zero-order chi connectivity index (χ0) is 23.0. The topological polar surface area (TPSA) is 108 Å². The average molecular weight is 425 g/mol. The molecule has 1 aromatic heterocycles. The van der Waals surface area contributed by atoms with E-state index in [-0.39, 0.29) is 5.57 Å². The summed E-state index contributed by atoms with van der Waals surface area (Å²) in [5.41, 5.74) is 1.77. The highest BCUT2D eigenvalue weighted by Crippen LogP contribution is 2.27. The Hall–Kier alpha value is -3.06. The standard InChI is InChI=1S/C24H32N4O3/c1-17(2)8-11-28-18(3)12-20(19(28)4)13-21(14-25)23(30)31-15-22(29)27-24(16-26)9-6-5-7-10-24/h12-13,17H,5-11,15H2,1-4H3,(H,27,29)/b21-13+. The molecule has 1 fully saturated rings. The third-order valence-corrected chi connectivity index (χ3v) is 5.82. The predicted octanol–water partition coefficient (Wildman–Crippen LogP) is 3.94. The first-order valence-corrected chi connectivity index (χ1v) is 10.9. The van der Waals surface area contributed by atoms with E-state index in [2.05, 4.69) is 29.8 Å². The van der Waals surface area contributed by atoms with Gasteiger partial charge in [-0.05, 0) is 56.7 Å². The molecule has 31 heavy (non-hydrogen) atoms. The number of carbonyl (C=O) groups is 2. The highest BCUT2D eigenvalue weighted by Gasteiger charge is 2.33. The third-order valence-electron chi connectivity index (χ3n) is 5.82. The van der Waals surface area contributed by atoms with E-state index in [4.69, 9.17) is 4.74 Å². The summed E-state index contributed by atoms with van der Waals surface area (Å²) in [6, 6.07) is 6.01. The van der Waals surface area contributed by atoms with Gasteiger partial charge >= 0.3 is 5.97 Å². The van der Waals surface area contributed by atoms with Crippen LogP contribution in [0.4, 0.5) is 0 Å². The van der Waals surface area contributed by atoms with Crippen LogP contribution in [0.5, 0.6) is 0 Å². The summed E-state index contributed by atoms with van der Waals surface area (Å²) in [6.45, 7) is 8.64. The van der Waals surface area contributed by atoms with Crippen molar-refractivity contribution in [3.05, 3.63) is 28.6 Å². The minimum Gasteiger partial charge on any atom is -0.451 e. The van der Waals surface area contributed by atoms with Crippen molar-refractivity contribution in [3.8, 4) is 12.1 Å². The van der Waals surface area contributed by atoms with Crippen LogP contribution in [0.25, 0.3) is 6.08 Å². The molecule has 1 aliphatic carbocycles. The van der Waals surface area contributed by atoms with E-state index in [1.807, 2.05) is 26.0 Å². The number of ether oxygens (including phenoxy) is 1. The number of hydrogen-bond acceptors (Lipinski definition) is 5. The molecule has 1 amide bonds. The van der Waals surface area contributed by atoms with Crippen molar-refractivity contribution >= 4 is 18.0 Å². The largest absolute Gasteiger partial charge is 0.451 e. The van der Waals surface area contributed by atoms with Crippen LogP contribution >= 0.6 is 0 Å². The van der Waals surface area contributed by atoms with Crippen LogP contribution in [0.15, 0.2) is 11.6 Å². The molecular formula is C24H32N4O3. The summed E-state index contributed by atoms with van der Waals surface area (Å²) >= 11 is 0. The fraction of sp³-hybridized carbons (Fsp3) is 0.583. The van der Waals surface area contributed by atoms with Gasteiger partial charge in [0, 0.05) is 17.9 Å². The van der Waals surface area contributed by atoms with Crippen molar-refractivity contribution < 1.29 is 14.3 Å². The molecule has 1 aromatic rings. The number of hydrogen-bond donors (Lipinski definition) is 1. The molecule has 0 saturated heterocycles. The molecule has 1 aliphatic rings. The Morgan fingerprint density at radius 3 is 2.52 bits per heavy atom. The van der Waals surface area contributed by atoms with Crippen LogP contribution in [0.1, 0.15) is 69.3 Å². The summed E-state index contributed by atoms with van der Waals surface area (Å²) in [6.07, 6.45) is 6.54. The highest BCUT2D eigenvalue weighted by atomic mass is 16.5. The molecule has 1 heterocycles. The van der Waals surface area contributed by atoms with Crippen LogP contribution in [0, 0.1) is 42.4 Å². The Morgan fingerprint density at radius 2 is 1.94 bits per heavy atom. The molecular weight excluding hydrogens is 392 g/mol. The molecule has 7 nitrogen and oxygen atoms in total. The van der Waals surface area contributed by atoms with E-state index in [0.29, 0.717) is 18.8 Å². The Labute approximate surface area is 184 Å². The quantitative estimate of drug-likeness (QED) is 0.386. The van der Waals surface area contributed by atoms with Crippen molar-refractivity contribution in [3.63, 3.8) is 0 Å². The maximum absolute atomic E-state index is 12.4. The van der Waals surface area contributed by atoms with Crippen LogP contribution in [-0.4, -0.2) is 28.6 Å². The zero-order valence-corrected chi connectivity index (χ0v) is 19.0. The number of nitrogens with one attached hydrogen (secondary N) is 1. The Kier molecular flexibility index (Phi) is 8.45. The molecule has 0 spiro atoms. The van der Waals surface area contributed by atoms with Gasteiger partial charge in [-0.15, -0.1) is 0 Å². The molecule has 0 aliphatic heterocycles. The number of nitrogens with zero attached hydrogens (tertiary/aromatic N) is 3. The lowest BCUT2D eigenvalue weighted by molar-refractivity contribution is -0.144. The first-order chi connectivity index (χ1) is 14.7. The monoisotopic (exact) mass is 424 g/mol. The number of amides is 1. The Balaban J connectivity index is 2.03. The van der Waals surface area contributed by atoms with E-state index >= 15 is 0 Å². The van der Waals surface area contributed by atoms with Gasteiger partial charge in [0.1, 0.15) is 17.2 Å².